The molecule has 240 valence electrons. The Morgan fingerprint density at radius 2 is 1.31 bits per heavy atom. The number of amides is 3. The van der Waals surface area contributed by atoms with Gasteiger partial charge in [0.2, 0.25) is 17.7 Å². The third-order valence-corrected chi connectivity index (χ3v) is 7.99. The highest BCUT2D eigenvalue weighted by molar-refractivity contribution is 5.95. The molecule has 4 rings (SSSR count). The third-order valence-electron chi connectivity index (χ3n) is 7.99. The van der Waals surface area contributed by atoms with E-state index in [9.17, 15) is 24.3 Å². The number of rotatable bonds is 16. The zero-order valence-corrected chi connectivity index (χ0v) is 25.6. The molecule has 0 bridgehead atoms. The van der Waals surface area contributed by atoms with Gasteiger partial charge >= 0.3 is 5.97 Å². The average Bonchev–Trinajstić information content (AvgIpc) is 3.62. The summed E-state index contributed by atoms with van der Waals surface area (Å²) in [6.07, 6.45) is 5.25. The smallest absolute Gasteiger partial charge is 0.326 e. The van der Waals surface area contributed by atoms with E-state index in [1.54, 1.807) is 20.0 Å². The maximum Gasteiger partial charge on any atom is 0.326 e. The normalized spacial score (nSPS) is 14.2. The van der Waals surface area contributed by atoms with Gasteiger partial charge in [-0.3, -0.25) is 14.4 Å². The third kappa shape index (κ3) is 8.49. The van der Waals surface area contributed by atoms with Crippen LogP contribution < -0.4 is 27.4 Å². The molecule has 10 N–H and O–H groups in total. The first-order chi connectivity index (χ1) is 21.6. The average molecular weight is 618 g/mol. The van der Waals surface area contributed by atoms with Crippen molar-refractivity contribution in [1.82, 2.24) is 25.9 Å². The first-order valence-corrected chi connectivity index (χ1v) is 15.3. The molecule has 0 saturated carbocycles. The fraction of sp³-hybridized carbons (Fsp3) is 0.394. The molecule has 2 heterocycles. The molecule has 12 nitrogen and oxygen atoms in total. The largest absolute Gasteiger partial charge is 0.480 e. The number of fused-ring (bicyclic) bond motifs is 2. The Kier molecular flexibility index (Phi) is 11.3. The fourth-order valence-electron chi connectivity index (χ4n) is 5.44. The number of carboxylic acid groups (broad SMARTS) is 1. The van der Waals surface area contributed by atoms with Crippen LogP contribution in [0, 0.1) is 5.92 Å². The van der Waals surface area contributed by atoms with Crippen LogP contribution >= 0.6 is 0 Å². The summed E-state index contributed by atoms with van der Waals surface area (Å²) in [4.78, 5) is 58.6. The quantitative estimate of drug-likeness (QED) is 0.0877. The molecule has 2 aromatic carbocycles. The summed E-state index contributed by atoms with van der Waals surface area (Å²) in [5.41, 5.74) is 15.3. The maximum atomic E-state index is 13.5. The summed E-state index contributed by atoms with van der Waals surface area (Å²) in [7, 11) is 0. The summed E-state index contributed by atoms with van der Waals surface area (Å²) in [5.74, 6) is -3.21. The van der Waals surface area contributed by atoms with E-state index >= 15 is 0 Å². The number of aromatic nitrogens is 2. The molecule has 12 heteroatoms. The van der Waals surface area contributed by atoms with Gasteiger partial charge in [-0.15, -0.1) is 0 Å². The molecule has 4 aromatic rings. The number of nitrogens with one attached hydrogen (secondary N) is 5. The molecule has 4 atom stereocenters. The maximum absolute atomic E-state index is 13.5. The Morgan fingerprint density at radius 3 is 1.87 bits per heavy atom. The molecule has 0 radical (unpaired) electrons. The molecule has 0 spiro atoms. The lowest BCUT2D eigenvalue weighted by Gasteiger charge is -2.27. The first-order valence-electron chi connectivity index (χ1n) is 15.3. The van der Waals surface area contributed by atoms with Gasteiger partial charge in [0.05, 0.1) is 6.04 Å². The van der Waals surface area contributed by atoms with Crippen molar-refractivity contribution in [2.75, 3.05) is 6.54 Å². The highest BCUT2D eigenvalue weighted by Gasteiger charge is 2.32. The molecule has 45 heavy (non-hydrogen) atoms. The number of carbonyl (C=O) groups is 4. The number of hydrogen-bond donors (Lipinski definition) is 8. The van der Waals surface area contributed by atoms with Crippen LogP contribution in [0.3, 0.4) is 0 Å². The fourth-order valence-corrected chi connectivity index (χ4v) is 5.44. The molecule has 4 unspecified atom stereocenters. The number of nitrogens with two attached hydrogens (primary N) is 2. The predicted molar refractivity (Wildman–Crippen MR) is 173 cm³/mol. The van der Waals surface area contributed by atoms with E-state index < -0.39 is 47.9 Å². The van der Waals surface area contributed by atoms with Crippen molar-refractivity contribution < 1.29 is 24.3 Å². The van der Waals surface area contributed by atoms with Gasteiger partial charge in [-0.25, -0.2) is 4.79 Å². The number of aliphatic carboxylic acids is 1. The number of carboxylic acids is 1. The van der Waals surface area contributed by atoms with Crippen LogP contribution in [0.5, 0.6) is 0 Å². The lowest BCUT2D eigenvalue weighted by molar-refractivity contribution is -0.142. The lowest BCUT2D eigenvalue weighted by atomic mass is 10.00. The second kappa shape index (κ2) is 15.4. The zero-order valence-electron chi connectivity index (χ0n) is 25.6. The number of hydrogen-bond acceptors (Lipinski definition) is 6. The number of para-hydroxylation sites is 2. The van der Waals surface area contributed by atoms with Crippen LogP contribution in [-0.4, -0.2) is 69.5 Å². The van der Waals surface area contributed by atoms with Crippen molar-refractivity contribution >= 4 is 45.5 Å². The van der Waals surface area contributed by atoms with E-state index in [0.717, 1.165) is 32.9 Å². The number of carbonyl (C=O) groups excluding carboxylic acids is 3. The second-order valence-corrected chi connectivity index (χ2v) is 11.7. The molecule has 3 amide bonds. The van der Waals surface area contributed by atoms with E-state index in [4.69, 9.17) is 11.5 Å². The van der Waals surface area contributed by atoms with Crippen LogP contribution in [-0.2, 0) is 32.0 Å². The van der Waals surface area contributed by atoms with Crippen molar-refractivity contribution in [3.05, 3.63) is 72.1 Å². The molecular weight excluding hydrogens is 574 g/mol. The number of benzene rings is 2. The van der Waals surface area contributed by atoms with Gasteiger partial charge in [0.15, 0.2) is 0 Å². The van der Waals surface area contributed by atoms with Crippen molar-refractivity contribution in [3.63, 3.8) is 0 Å². The predicted octanol–water partition coefficient (Wildman–Crippen LogP) is 2.09. The lowest BCUT2D eigenvalue weighted by Crippen LogP contribution is -2.58. The highest BCUT2D eigenvalue weighted by atomic mass is 16.4. The van der Waals surface area contributed by atoms with E-state index in [-0.39, 0.29) is 25.2 Å². The molecule has 0 aliphatic heterocycles. The summed E-state index contributed by atoms with van der Waals surface area (Å²) >= 11 is 0. The van der Waals surface area contributed by atoms with Crippen molar-refractivity contribution in [2.24, 2.45) is 17.4 Å². The van der Waals surface area contributed by atoms with Crippen molar-refractivity contribution in [3.8, 4) is 0 Å². The van der Waals surface area contributed by atoms with E-state index in [1.807, 2.05) is 54.7 Å². The number of H-pyrrole nitrogens is 2. The van der Waals surface area contributed by atoms with Crippen molar-refractivity contribution in [2.45, 2.75) is 70.1 Å². The molecule has 0 aliphatic carbocycles. The van der Waals surface area contributed by atoms with Crippen molar-refractivity contribution in [1.29, 1.82) is 0 Å². The van der Waals surface area contributed by atoms with E-state index in [2.05, 4.69) is 25.9 Å². The first kappa shape index (κ1) is 33.2. The van der Waals surface area contributed by atoms with Gasteiger partial charge in [0.25, 0.3) is 0 Å². The van der Waals surface area contributed by atoms with Gasteiger partial charge in [-0.05, 0) is 61.4 Å². The Labute approximate surface area is 261 Å². The van der Waals surface area contributed by atoms with Crippen LogP contribution in [0.15, 0.2) is 60.9 Å². The number of unbranched alkanes of at least 4 members (excludes halogenated alkanes) is 1. The van der Waals surface area contributed by atoms with Gasteiger partial charge < -0.3 is 42.5 Å². The molecule has 0 aliphatic rings. The van der Waals surface area contributed by atoms with Gasteiger partial charge in [0.1, 0.15) is 18.1 Å². The SMILES string of the molecule is CC(C)C(NC(=O)C(N)Cc1c[nH]c2ccccc12)C(=O)NC(CCCCN)C(=O)NC(Cc1c[nH]c2ccccc12)C(=O)O. The second-order valence-electron chi connectivity index (χ2n) is 11.7. The highest BCUT2D eigenvalue weighted by Crippen LogP contribution is 2.20. The van der Waals surface area contributed by atoms with E-state index in [1.165, 1.54) is 0 Å². The van der Waals surface area contributed by atoms with Gasteiger partial charge in [-0.2, -0.15) is 0 Å². The summed E-state index contributed by atoms with van der Waals surface area (Å²) in [6.45, 7) is 3.96. The Morgan fingerprint density at radius 1 is 0.756 bits per heavy atom. The van der Waals surface area contributed by atoms with Crippen LogP contribution in [0.1, 0.15) is 44.2 Å². The van der Waals surface area contributed by atoms with E-state index in [0.29, 0.717) is 19.4 Å². The van der Waals surface area contributed by atoms with Gasteiger partial charge in [-0.1, -0.05) is 50.2 Å². The summed E-state index contributed by atoms with van der Waals surface area (Å²) in [6, 6.07) is 11.0. The molecule has 0 fully saturated rings. The Balaban J connectivity index is 1.43. The number of aromatic amines is 2. The van der Waals surface area contributed by atoms with Gasteiger partial charge in [0, 0.05) is 40.6 Å². The van der Waals surface area contributed by atoms with Crippen LogP contribution in [0.4, 0.5) is 0 Å². The topological polar surface area (TPSA) is 208 Å². The Bertz CT molecular complexity index is 1630. The molecule has 2 aromatic heterocycles. The van der Waals surface area contributed by atoms with Crippen LogP contribution in [0.25, 0.3) is 21.8 Å². The minimum atomic E-state index is -1.23. The molecule has 0 saturated heterocycles. The molecular formula is C33H43N7O5. The van der Waals surface area contributed by atoms with Crippen LogP contribution in [0.2, 0.25) is 0 Å². The summed E-state index contributed by atoms with van der Waals surface area (Å²) < 4.78 is 0. The minimum Gasteiger partial charge on any atom is -0.480 e. The minimum absolute atomic E-state index is 0.0492. The Hall–Kier alpha value is -4.68. The monoisotopic (exact) mass is 617 g/mol. The zero-order chi connectivity index (χ0) is 32.5. The summed E-state index contributed by atoms with van der Waals surface area (Å²) in [5, 5.41) is 19.9. The standard InChI is InChI=1S/C33H43N7O5/c1-19(2)29(40-30(41)24(35)15-20-17-36-25-11-5-3-9-22(20)25)32(43)38-27(13-7-8-14-34)31(42)39-28(33(44)45)16-21-18-37-26-12-6-4-10-23(21)26/h3-6,9-12,17-19,24,27-29,36-37H,7-8,13-16,34-35H2,1-2H3,(H,38,43)(H,39,42)(H,40,41)(H,44,45).